The molecule has 0 bridgehead atoms. The van der Waals surface area contributed by atoms with Crippen LogP contribution in [0.25, 0.3) is 0 Å². The number of hydrogen-bond donors (Lipinski definition) is 2. The molecule has 1 aromatic heterocycles. The largest absolute Gasteiger partial charge is 0.493 e. The number of anilines is 5. The Morgan fingerprint density at radius 1 is 1.00 bits per heavy atom. The summed E-state index contributed by atoms with van der Waals surface area (Å²) in [4.78, 5) is 22.4. The summed E-state index contributed by atoms with van der Waals surface area (Å²) in [5.74, 6) is 2.70. The van der Waals surface area contributed by atoms with Gasteiger partial charge in [-0.2, -0.15) is 0 Å². The van der Waals surface area contributed by atoms with E-state index in [1.165, 1.54) is 6.92 Å². The van der Waals surface area contributed by atoms with E-state index in [4.69, 9.17) is 19.2 Å². The van der Waals surface area contributed by atoms with Crippen LogP contribution in [0.1, 0.15) is 13.8 Å². The van der Waals surface area contributed by atoms with Crippen molar-refractivity contribution in [1.82, 2.24) is 9.97 Å². The molecule has 0 atom stereocenters. The van der Waals surface area contributed by atoms with Crippen molar-refractivity contribution in [2.75, 3.05) is 43.4 Å². The van der Waals surface area contributed by atoms with Crippen molar-refractivity contribution in [3.05, 3.63) is 48.8 Å². The maximum absolute atomic E-state index is 11.3. The van der Waals surface area contributed by atoms with E-state index in [1.54, 1.807) is 33.7 Å². The molecule has 0 radical (unpaired) electrons. The van der Waals surface area contributed by atoms with Crippen LogP contribution in [0.3, 0.4) is 0 Å². The molecule has 0 aliphatic rings. The number of nitrogens with one attached hydrogen (secondary N) is 2. The maximum Gasteiger partial charge on any atom is 0.221 e. The molecule has 168 valence electrons. The number of nitrogens with zero attached hydrogens (tertiary/aromatic N) is 3. The number of benzene rings is 2. The molecule has 9 heteroatoms. The van der Waals surface area contributed by atoms with Crippen molar-refractivity contribution in [1.29, 1.82) is 0 Å². The highest BCUT2D eigenvalue weighted by atomic mass is 16.5. The molecule has 2 aromatic carbocycles. The van der Waals surface area contributed by atoms with E-state index in [1.807, 2.05) is 48.2 Å². The van der Waals surface area contributed by atoms with Gasteiger partial charge in [0.2, 0.25) is 11.7 Å². The maximum atomic E-state index is 11.3. The molecule has 2 N–H and O–H groups in total. The van der Waals surface area contributed by atoms with Gasteiger partial charge in [0.05, 0.1) is 39.4 Å². The summed E-state index contributed by atoms with van der Waals surface area (Å²) in [6.45, 7) is 4.12. The van der Waals surface area contributed by atoms with Crippen molar-refractivity contribution in [2.24, 2.45) is 0 Å². The Kier molecular flexibility index (Phi) is 7.33. The van der Waals surface area contributed by atoms with Gasteiger partial charge in [-0.3, -0.25) is 9.78 Å². The molecule has 0 aliphatic heterocycles. The minimum absolute atomic E-state index is 0.132. The van der Waals surface area contributed by atoms with Gasteiger partial charge in [0.25, 0.3) is 0 Å². The second-order valence-electron chi connectivity index (χ2n) is 6.78. The number of amides is 1. The highest BCUT2D eigenvalue weighted by Gasteiger charge is 2.18. The van der Waals surface area contributed by atoms with Gasteiger partial charge < -0.3 is 29.7 Å². The smallest absolute Gasteiger partial charge is 0.221 e. The third-order valence-corrected chi connectivity index (χ3v) is 4.63. The highest BCUT2D eigenvalue weighted by Crippen LogP contribution is 2.42. The molecule has 3 aromatic rings. The normalized spacial score (nSPS) is 10.3. The third-order valence-electron chi connectivity index (χ3n) is 4.63. The van der Waals surface area contributed by atoms with E-state index < -0.39 is 0 Å². The van der Waals surface area contributed by atoms with Gasteiger partial charge in [0.1, 0.15) is 0 Å². The number of carbonyl (C=O) groups is 1. The van der Waals surface area contributed by atoms with Crippen molar-refractivity contribution in [3.8, 4) is 17.2 Å². The van der Waals surface area contributed by atoms with Crippen LogP contribution < -0.4 is 29.7 Å². The minimum Gasteiger partial charge on any atom is -0.493 e. The van der Waals surface area contributed by atoms with Crippen LogP contribution in [0.4, 0.5) is 28.7 Å². The molecule has 0 fully saturated rings. The molecular weight excluding hydrogens is 410 g/mol. The van der Waals surface area contributed by atoms with Crippen LogP contribution in [0, 0.1) is 0 Å². The zero-order chi connectivity index (χ0) is 23.1. The molecule has 1 heterocycles. The summed E-state index contributed by atoms with van der Waals surface area (Å²) in [6, 6.07) is 11.1. The molecule has 32 heavy (non-hydrogen) atoms. The first kappa shape index (κ1) is 22.7. The molecule has 1 amide bonds. The summed E-state index contributed by atoms with van der Waals surface area (Å²) in [5, 5.41) is 6.00. The number of methoxy groups -OCH3 is 3. The van der Waals surface area contributed by atoms with Gasteiger partial charge in [-0.05, 0) is 25.1 Å². The summed E-state index contributed by atoms with van der Waals surface area (Å²) < 4.78 is 16.4. The molecule has 3 rings (SSSR count). The van der Waals surface area contributed by atoms with Crippen molar-refractivity contribution in [2.45, 2.75) is 13.8 Å². The van der Waals surface area contributed by atoms with Crippen molar-refractivity contribution >= 4 is 34.6 Å². The van der Waals surface area contributed by atoms with Crippen molar-refractivity contribution < 1.29 is 19.0 Å². The van der Waals surface area contributed by atoms with E-state index >= 15 is 0 Å². The van der Waals surface area contributed by atoms with E-state index in [0.29, 0.717) is 41.1 Å². The number of carbonyl (C=O) groups excluding carboxylic acids is 1. The molecule has 0 saturated heterocycles. The second-order valence-corrected chi connectivity index (χ2v) is 6.78. The molecular formula is C23H27N5O4. The van der Waals surface area contributed by atoms with Gasteiger partial charge >= 0.3 is 0 Å². The Balaban J connectivity index is 1.92. The average molecular weight is 438 g/mol. The Morgan fingerprint density at radius 2 is 1.69 bits per heavy atom. The predicted molar refractivity (Wildman–Crippen MR) is 125 cm³/mol. The molecule has 0 aliphatic carbocycles. The van der Waals surface area contributed by atoms with Crippen LogP contribution in [-0.2, 0) is 4.79 Å². The van der Waals surface area contributed by atoms with Crippen LogP contribution in [0.15, 0.2) is 48.8 Å². The van der Waals surface area contributed by atoms with Gasteiger partial charge in [0.15, 0.2) is 23.1 Å². The fraction of sp³-hybridized carbons (Fsp3) is 0.261. The second kappa shape index (κ2) is 10.3. The molecule has 0 spiro atoms. The van der Waals surface area contributed by atoms with E-state index in [-0.39, 0.29) is 5.91 Å². The van der Waals surface area contributed by atoms with E-state index in [2.05, 4.69) is 15.6 Å². The zero-order valence-corrected chi connectivity index (χ0v) is 18.8. The van der Waals surface area contributed by atoms with E-state index in [0.717, 1.165) is 11.4 Å². The number of hydrogen-bond acceptors (Lipinski definition) is 8. The lowest BCUT2D eigenvalue weighted by Gasteiger charge is -2.24. The van der Waals surface area contributed by atoms with Gasteiger partial charge in [-0.1, -0.05) is 6.07 Å². The summed E-state index contributed by atoms with van der Waals surface area (Å²) >= 11 is 0. The minimum atomic E-state index is -0.132. The predicted octanol–water partition coefficient (Wildman–Crippen LogP) is 4.36. The van der Waals surface area contributed by atoms with E-state index in [9.17, 15) is 4.79 Å². The Morgan fingerprint density at radius 3 is 2.28 bits per heavy atom. The zero-order valence-electron chi connectivity index (χ0n) is 18.8. The molecule has 0 unspecified atom stereocenters. The Bertz CT molecular complexity index is 1060. The first-order valence-corrected chi connectivity index (χ1v) is 10.0. The lowest BCUT2D eigenvalue weighted by Crippen LogP contribution is -2.18. The SMILES string of the molecule is CCN(c1cc(OC)c(OC)c(OC)c1)c1cncc(Nc2cccc(NC(C)=O)c2)n1. The summed E-state index contributed by atoms with van der Waals surface area (Å²) in [6.07, 6.45) is 3.32. The lowest BCUT2D eigenvalue weighted by atomic mass is 10.2. The highest BCUT2D eigenvalue weighted by molar-refractivity contribution is 5.89. The summed E-state index contributed by atoms with van der Waals surface area (Å²) in [7, 11) is 4.73. The van der Waals surface area contributed by atoms with Crippen molar-refractivity contribution in [3.63, 3.8) is 0 Å². The number of rotatable bonds is 9. The van der Waals surface area contributed by atoms with Gasteiger partial charge in [-0.25, -0.2) is 4.98 Å². The number of aromatic nitrogens is 2. The van der Waals surface area contributed by atoms with Crippen LogP contribution in [0.5, 0.6) is 17.2 Å². The monoisotopic (exact) mass is 437 g/mol. The average Bonchev–Trinajstić information content (AvgIpc) is 2.79. The fourth-order valence-corrected chi connectivity index (χ4v) is 3.27. The van der Waals surface area contributed by atoms with Gasteiger partial charge in [0, 0.05) is 37.0 Å². The number of ether oxygens (including phenoxy) is 3. The first-order valence-electron chi connectivity index (χ1n) is 10.0. The Hall–Kier alpha value is -4.01. The first-order chi connectivity index (χ1) is 15.5. The Labute approximate surface area is 187 Å². The topological polar surface area (TPSA) is 97.8 Å². The molecule has 0 saturated carbocycles. The third kappa shape index (κ3) is 5.18. The summed E-state index contributed by atoms with van der Waals surface area (Å²) in [5.41, 5.74) is 2.29. The molecule has 9 nitrogen and oxygen atoms in total. The standard InChI is InChI=1S/C23H27N5O4/c1-6-28(18-11-19(30-3)23(32-5)20(12-18)31-4)22-14-24-13-21(27-22)26-17-9-7-8-16(10-17)25-15(2)29/h7-14H,6H2,1-5H3,(H,25,29)(H,26,27). The fourth-order valence-electron chi connectivity index (χ4n) is 3.27. The lowest BCUT2D eigenvalue weighted by molar-refractivity contribution is -0.114. The van der Waals surface area contributed by atoms with Gasteiger partial charge in [-0.15, -0.1) is 0 Å². The quantitative estimate of drug-likeness (QED) is 0.510. The van der Waals surface area contributed by atoms with Crippen LogP contribution in [0.2, 0.25) is 0 Å². The van der Waals surface area contributed by atoms with Crippen LogP contribution >= 0.6 is 0 Å². The van der Waals surface area contributed by atoms with Crippen LogP contribution in [-0.4, -0.2) is 43.7 Å².